The van der Waals surface area contributed by atoms with Crippen molar-refractivity contribution in [2.75, 3.05) is 18.4 Å². The molecule has 1 aromatic heterocycles. The van der Waals surface area contributed by atoms with Crippen molar-refractivity contribution in [3.05, 3.63) is 28.5 Å². The lowest BCUT2D eigenvalue weighted by Crippen LogP contribution is -2.40. The first-order valence-electron chi connectivity index (χ1n) is 5.67. The molecule has 1 aliphatic heterocycles. The van der Waals surface area contributed by atoms with E-state index >= 15 is 0 Å². The quantitative estimate of drug-likeness (QED) is 0.758. The van der Waals surface area contributed by atoms with Gasteiger partial charge >= 0.3 is 0 Å². The van der Waals surface area contributed by atoms with Gasteiger partial charge in [-0.25, -0.2) is 4.98 Å². The van der Waals surface area contributed by atoms with Gasteiger partial charge in [0.2, 0.25) is 0 Å². The van der Waals surface area contributed by atoms with Crippen LogP contribution in [0.15, 0.2) is 22.8 Å². The highest BCUT2D eigenvalue weighted by Crippen LogP contribution is 2.20. The fraction of sp³-hybridized carbons (Fsp3) is 0.500. The topological polar surface area (TPSA) is 33.2 Å². The van der Waals surface area contributed by atoms with Gasteiger partial charge < -0.3 is 4.90 Å². The first kappa shape index (κ1) is 13.0. The van der Waals surface area contributed by atoms with E-state index in [2.05, 4.69) is 36.8 Å². The van der Waals surface area contributed by atoms with Crippen LogP contribution in [0.2, 0.25) is 0 Å². The summed E-state index contributed by atoms with van der Waals surface area (Å²) in [4.78, 5) is 18.3. The minimum absolute atomic E-state index is 0.0446. The zero-order chi connectivity index (χ0) is 12.3. The summed E-state index contributed by atoms with van der Waals surface area (Å²) in [5.41, 5.74) is 0.531. The molecule has 1 saturated heterocycles. The van der Waals surface area contributed by atoms with Crippen molar-refractivity contribution in [3.63, 3.8) is 0 Å². The molecule has 1 aromatic rings. The van der Waals surface area contributed by atoms with Gasteiger partial charge in [0.1, 0.15) is 5.69 Å². The molecule has 0 saturated carbocycles. The van der Waals surface area contributed by atoms with Gasteiger partial charge in [-0.05, 0) is 46.8 Å². The van der Waals surface area contributed by atoms with Crippen LogP contribution in [0.4, 0.5) is 0 Å². The van der Waals surface area contributed by atoms with Crippen LogP contribution in [0.3, 0.4) is 0 Å². The molecule has 1 fully saturated rings. The van der Waals surface area contributed by atoms with Crippen LogP contribution in [0.5, 0.6) is 0 Å². The maximum absolute atomic E-state index is 12.2. The number of halogens is 2. The third-order valence-corrected chi connectivity index (χ3v) is 4.36. The monoisotopic (exact) mass is 360 g/mol. The summed E-state index contributed by atoms with van der Waals surface area (Å²) in [6.07, 6.45) is 3.94. The van der Waals surface area contributed by atoms with Gasteiger partial charge in [0, 0.05) is 29.1 Å². The third kappa shape index (κ3) is 3.28. The molecule has 17 heavy (non-hydrogen) atoms. The van der Waals surface area contributed by atoms with Gasteiger partial charge in [-0.1, -0.05) is 15.9 Å². The summed E-state index contributed by atoms with van der Waals surface area (Å²) >= 11 is 6.81. The second-order valence-electron chi connectivity index (χ2n) is 4.28. The van der Waals surface area contributed by atoms with Crippen molar-refractivity contribution in [2.24, 2.45) is 5.92 Å². The molecule has 1 unspecified atom stereocenters. The molecule has 0 radical (unpaired) electrons. The SMILES string of the molecule is O=C(c1ccc(Br)cn1)N1CCCC(CBr)C1. The molecule has 1 atom stereocenters. The van der Waals surface area contributed by atoms with Crippen LogP contribution in [-0.4, -0.2) is 34.2 Å². The molecule has 0 aliphatic carbocycles. The number of hydrogen-bond acceptors (Lipinski definition) is 2. The van der Waals surface area contributed by atoms with Crippen molar-refractivity contribution in [3.8, 4) is 0 Å². The van der Waals surface area contributed by atoms with Gasteiger partial charge in [-0.3, -0.25) is 4.79 Å². The summed E-state index contributed by atoms with van der Waals surface area (Å²) in [6, 6.07) is 3.62. The Bertz CT molecular complexity index is 394. The van der Waals surface area contributed by atoms with E-state index in [9.17, 15) is 4.79 Å². The second kappa shape index (κ2) is 5.96. The molecular weight excluding hydrogens is 348 g/mol. The van der Waals surface area contributed by atoms with Crippen molar-refractivity contribution in [2.45, 2.75) is 12.8 Å². The van der Waals surface area contributed by atoms with Gasteiger partial charge in [0.15, 0.2) is 0 Å². The van der Waals surface area contributed by atoms with E-state index in [1.54, 1.807) is 12.3 Å². The number of hydrogen-bond donors (Lipinski definition) is 0. The predicted molar refractivity (Wildman–Crippen MR) is 74.4 cm³/mol. The Hall–Kier alpha value is -0.420. The first-order valence-corrected chi connectivity index (χ1v) is 7.59. The van der Waals surface area contributed by atoms with E-state index in [-0.39, 0.29) is 5.91 Å². The highest BCUT2D eigenvalue weighted by Gasteiger charge is 2.24. The number of alkyl halides is 1. The maximum Gasteiger partial charge on any atom is 0.272 e. The fourth-order valence-electron chi connectivity index (χ4n) is 2.04. The summed E-state index contributed by atoms with van der Waals surface area (Å²) in [7, 11) is 0. The van der Waals surface area contributed by atoms with Crippen molar-refractivity contribution in [1.29, 1.82) is 0 Å². The number of pyridine rings is 1. The van der Waals surface area contributed by atoms with E-state index in [0.29, 0.717) is 11.6 Å². The number of carbonyl (C=O) groups excluding carboxylic acids is 1. The number of likely N-dealkylation sites (tertiary alicyclic amines) is 1. The van der Waals surface area contributed by atoms with Crippen molar-refractivity contribution in [1.82, 2.24) is 9.88 Å². The van der Waals surface area contributed by atoms with E-state index in [1.807, 2.05) is 11.0 Å². The number of aromatic nitrogens is 1. The molecule has 92 valence electrons. The van der Waals surface area contributed by atoms with Gasteiger partial charge in [-0.15, -0.1) is 0 Å². The van der Waals surface area contributed by atoms with Crippen LogP contribution in [0.1, 0.15) is 23.3 Å². The Morgan fingerprint density at radius 3 is 3.00 bits per heavy atom. The van der Waals surface area contributed by atoms with Gasteiger partial charge in [-0.2, -0.15) is 0 Å². The smallest absolute Gasteiger partial charge is 0.272 e. The lowest BCUT2D eigenvalue weighted by atomic mass is 10.00. The summed E-state index contributed by atoms with van der Waals surface area (Å²) in [5.74, 6) is 0.617. The van der Waals surface area contributed by atoms with Crippen LogP contribution in [-0.2, 0) is 0 Å². The molecule has 3 nitrogen and oxygen atoms in total. The molecule has 5 heteroatoms. The van der Waals surface area contributed by atoms with E-state index in [4.69, 9.17) is 0 Å². The average molecular weight is 362 g/mol. The highest BCUT2D eigenvalue weighted by molar-refractivity contribution is 9.10. The molecule has 0 spiro atoms. The first-order chi connectivity index (χ1) is 8.20. The van der Waals surface area contributed by atoms with Crippen LogP contribution in [0.25, 0.3) is 0 Å². The molecule has 2 rings (SSSR count). The Balaban J connectivity index is 2.06. The van der Waals surface area contributed by atoms with Crippen LogP contribution < -0.4 is 0 Å². The Kier molecular flexibility index (Phi) is 4.56. The fourth-order valence-corrected chi connectivity index (χ4v) is 2.80. The molecule has 0 aromatic carbocycles. The number of amides is 1. The van der Waals surface area contributed by atoms with Crippen LogP contribution >= 0.6 is 31.9 Å². The Morgan fingerprint density at radius 1 is 1.53 bits per heavy atom. The summed E-state index contributed by atoms with van der Waals surface area (Å²) < 4.78 is 0.894. The van der Waals surface area contributed by atoms with Crippen molar-refractivity contribution < 1.29 is 4.79 Å². The number of nitrogens with zero attached hydrogens (tertiary/aromatic N) is 2. The maximum atomic E-state index is 12.2. The Morgan fingerprint density at radius 2 is 2.35 bits per heavy atom. The lowest BCUT2D eigenvalue weighted by molar-refractivity contribution is 0.0680. The zero-order valence-electron chi connectivity index (χ0n) is 9.40. The number of piperidine rings is 1. The zero-order valence-corrected chi connectivity index (χ0v) is 12.6. The molecule has 1 amide bonds. The minimum atomic E-state index is 0.0446. The summed E-state index contributed by atoms with van der Waals surface area (Å²) in [5, 5.41) is 0.963. The molecule has 2 heterocycles. The largest absolute Gasteiger partial charge is 0.337 e. The molecular formula is C12H14Br2N2O. The number of carbonyl (C=O) groups is 1. The van der Waals surface area contributed by atoms with Crippen LogP contribution in [0, 0.1) is 5.92 Å². The van der Waals surface area contributed by atoms with Gasteiger partial charge in [0.25, 0.3) is 5.91 Å². The third-order valence-electron chi connectivity index (χ3n) is 2.97. The predicted octanol–water partition coefficient (Wildman–Crippen LogP) is 3.09. The summed E-state index contributed by atoms with van der Waals surface area (Å²) in [6.45, 7) is 1.68. The van der Waals surface area contributed by atoms with E-state index < -0.39 is 0 Å². The van der Waals surface area contributed by atoms with E-state index in [0.717, 1.165) is 29.3 Å². The second-order valence-corrected chi connectivity index (χ2v) is 5.84. The average Bonchev–Trinajstić information content (AvgIpc) is 2.39. The normalized spacial score (nSPS) is 20.4. The Labute approximate surface area is 118 Å². The molecule has 1 aliphatic rings. The number of rotatable bonds is 2. The highest BCUT2D eigenvalue weighted by atomic mass is 79.9. The van der Waals surface area contributed by atoms with Crippen molar-refractivity contribution >= 4 is 37.8 Å². The standard InChI is InChI=1S/C12H14Br2N2O/c13-6-9-2-1-5-16(8-9)12(17)11-4-3-10(14)7-15-11/h3-4,7,9H,1-2,5-6,8H2. The van der Waals surface area contributed by atoms with Gasteiger partial charge in [0.05, 0.1) is 0 Å². The van der Waals surface area contributed by atoms with E-state index in [1.165, 1.54) is 6.42 Å². The lowest BCUT2D eigenvalue weighted by Gasteiger charge is -2.31. The molecule has 0 bridgehead atoms. The molecule has 0 N–H and O–H groups in total. The minimum Gasteiger partial charge on any atom is -0.337 e.